The fraction of sp³-hybridized carbons (Fsp3) is 0.231. The number of nitrogens with one attached hydrogen (secondary N) is 1. The highest BCUT2D eigenvalue weighted by molar-refractivity contribution is 6.04. The van der Waals surface area contributed by atoms with Crippen LogP contribution in [0.2, 0.25) is 0 Å². The number of carbonyl (C=O) groups is 2. The molecule has 6 heteroatoms. The molecule has 1 N–H and O–H groups in total. The molecule has 3 aromatic carbocycles. The second kappa shape index (κ2) is 9.56. The Labute approximate surface area is 188 Å². The normalized spacial score (nSPS) is 14.8. The summed E-state index contributed by atoms with van der Waals surface area (Å²) in [5.74, 6) is 0.416. The Bertz CT molecular complexity index is 1080. The van der Waals surface area contributed by atoms with Gasteiger partial charge >= 0.3 is 6.03 Å². The molecule has 0 spiro atoms. The summed E-state index contributed by atoms with van der Waals surface area (Å²) in [4.78, 5) is 29.5. The molecule has 6 nitrogen and oxygen atoms in total. The van der Waals surface area contributed by atoms with Crippen molar-refractivity contribution in [1.29, 1.82) is 0 Å². The predicted octanol–water partition coefficient (Wildman–Crippen LogP) is 5.34. The molecule has 1 heterocycles. The zero-order valence-corrected chi connectivity index (χ0v) is 18.3. The third-order valence-electron chi connectivity index (χ3n) is 5.78. The maximum atomic E-state index is 13.2. The van der Waals surface area contributed by atoms with Crippen LogP contribution < -0.4 is 15.0 Å². The maximum absolute atomic E-state index is 13.2. The monoisotopic (exact) mass is 429 g/mol. The van der Waals surface area contributed by atoms with E-state index in [0.29, 0.717) is 23.5 Å². The van der Waals surface area contributed by atoms with Gasteiger partial charge in [0, 0.05) is 30.0 Å². The lowest BCUT2D eigenvalue weighted by molar-refractivity contribution is 0.102. The van der Waals surface area contributed by atoms with Crippen LogP contribution in [0.1, 0.15) is 35.3 Å². The Morgan fingerprint density at radius 2 is 1.72 bits per heavy atom. The molecule has 1 saturated heterocycles. The van der Waals surface area contributed by atoms with Crippen LogP contribution in [0.4, 0.5) is 16.2 Å². The van der Waals surface area contributed by atoms with Gasteiger partial charge < -0.3 is 15.0 Å². The SMILES string of the molecule is COc1cccc(C(=O)Nc2ccc(N3CCCN(C(C)c4ccccc4)C3=O)cc2)c1. The summed E-state index contributed by atoms with van der Waals surface area (Å²) in [6.45, 7) is 3.47. The number of hydrogen-bond donors (Lipinski definition) is 1. The highest BCUT2D eigenvalue weighted by atomic mass is 16.5. The molecule has 1 unspecified atom stereocenters. The number of rotatable bonds is 6. The average molecular weight is 430 g/mol. The molecule has 0 aromatic heterocycles. The zero-order chi connectivity index (χ0) is 22.5. The van der Waals surface area contributed by atoms with Crippen LogP contribution in [0.15, 0.2) is 78.9 Å². The Balaban J connectivity index is 1.45. The van der Waals surface area contributed by atoms with E-state index in [-0.39, 0.29) is 18.0 Å². The van der Waals surface area contributed by atoms with E-state index in [2.05, 4.69) is 24.4 Å². The van der Waals surface area contributed by atoms with E-state index in [1.54, 1.807) is 36.3 Å². The summed E-state index contributed by atoms with van der Waals surface area (Å²) in [5.41, 5.74) is 3.13. The molecule has 0 aliphatic carbocycles. The summed E-state index contributed by atoms with van der Waals surface area (Å²) >= 11 is 0. The Hall–Kier alpha value is -3.80. The van der Waals surface area contributed by atoms with Crippen molar-refractivity contribution in [3.8, 4) is 5.75 Å². The Kier molecular flexibility index (Phi) is 6.40. The van der Waals surface area contributed by atoms with Crippen LogP contribution in [-0.4, -0.2) is 37.0 Å². The second-order valence-electron chi connectivity index (χ2n) is 7.80. The molecule has 0 radical (unpaired) electrons. The fourth-order valence-corrected chi connectivity index (χ4v) is 3.95. The van der Waals surface area contributed by atoms with Crippen molar-refractivity contribution in [2.45, 2.75) is 19.4 Å². The summed E-state index contributed by atoms with van der Waals surface area (Å²) in [5, 5.41) is 2.89. The van der Waals surface area contributed by atoms with E-state index in [4.69, 9.17) is 4.74 Å². The Morgan fingerprint density at radius 3 is 2.44 bits per heavy atom. The lowest BCUT2D eigenvalue weighted by Crippen LogP contribution is -2.50. The summed E-state index contributed by atoms with van der Waals surface area (Å²) < 4.78 is 5.18. The molecule has 1 atom stereocenters. The van der Waals surface area contributed by atoms with Gasteiger partial charge in [-0.15, -0.1) is 0 Å². The first-order valence-corrected chi connectivity index (χ1v) is 10.8. The van der Waals surface area contributed by atoms with Crippen molar-refractivity contribution >= 4 is 23.3 Å². The van der Waals surface area contributed by atoms with Crippen LogP contribution in [0.25, 0.3) is 0 Å². The molecule has 0 saturated carbocycles. The van der Waals surface area contributed by atoms with Gasteiger partial charge in [0.2, 0.25) is 0 Å². The number of amides is 3. The zero-order valence-electron chi connectivity index (χ0n) is 18.3. The van der Waals surface area contributed by atoms with E-state index in [9.17, 15) is 9.59 Å². The van der Waals surface area contributed by atoms with Gasteiger partial charge in [-0.25, -0.2) is 4.79 Å². The van der Waals surface area contributed by atoms with Gasteiger partial charge in [-0.1, -0.05) is 36.4 Å². The average Bonchev–Trinajstić information content (AvgIpc) is 2.85. The van der Waals surface area contributed by atoms with Crippen molar-refractivity contribution in [3.05, 3.63) is 90.0 Å². The van der Waals surface area contributed by atoms with E-state index in [1.165, 1.54) is 0 Å². The number of methoxy groups -OCH3 is 1. The lowest BCUT2D eigenvalue weighted by atomic mass is 10.1. The van der Waals surface area contributed by atoms with Crippen molar-refractivity contribution in [3.63, 3.8) is 0 Å². The first-order chi connectivity index (χ1) is 15.6. The molecule has 32 heavy (non-hydrogen) atoms. The molecule has 3 aromatic rings. The molecule has 0 bridgehead atoms. The lowest BCUT2D eigenvalue weighted by Gasteiger charge is -2.39. The molecule has 1 aliphatic rings. The van der Waals surface area contributed by atoms with Gasteiger partial charge in [-0.2, -0.15) is 0 Å². The number of carbonyl (C=O) groups excluding carboxylic acids is 2. The highest BCUT2D eigenvalue weighted by Gasteiger charge is 2.30. The van der Waals surface area contributed by atoms with Crippen LogP contribution in [0, 0.1) is 0 Å². The van der Waals surface area contributed by atoms with E-state index < -0.39 is 0 Å². The van der Waals surface area contributed by atoms with Crippen LogP contribution in [-0.2, 0) is 0 Å². The fourth-order valence-electron chi connectivity index (χ4n) is 3.95. The number of benzene rings is 3. The quantitative estimate of drug-likeness (QED) is 0.575. The molecule has 3 amide bonds. The van der Waals surface area contributed by atoms with Crippen LogP contribution in [0.5, 0.6) is 5.75 Å². The molecule has 1 fully saturated rings. The Morgan fingerprint density at radius 1 is 0.969 bits per heavy atom. The molecule has 4 rings (SSSR count). The van der Waals surface area contributed by atoms with E-state index in [1.807, 2.05) is 47.4 Å². The minimum absolute atomic E-state index is 0.000712. The minimum Gasteiger partial charge on any atom is -0.497 e. The topological polar surface area (TPSA) is 61.9 Å². The van der Waals surface area contributed by atoms with Crippen molar-refractivity contribution in [2.75, 3.05) is 30.4 Å². The number of nitrogens with zero attached hydrogens (tertiary/aromatic N) is 2. The molecular formula is C26H27N3O3. The van der Waals surface area contributed by atoms with Gasteiger partial charge in [-0.3, -0.25) is 9.69 Å². The summed E-state index contributed by atoms with van der Waals surface area (Å²) in [6, 6.07) is 24.5. The van der Waals surface area contributed by atoms with Crippen LogP contribution >= 0.6 is 0 Å². The predicted molar refractivity (Wildman–Crippen MR) is 126 cm³/mol. The number of urea groups is 1. The van der Waals surface area contributed by atoms with Crippen molar-refractivity contribution in [2.24, 2.45) is 0 Å². The highest BCUT2D eigenvalue weighted by Crippen LogP contribution is 2.28. The number of ether oxygens (including phenoxy) is 1. The van der Waals surface area contributed by atoms with Crippen LogP contribution in [0.3, 0.4) is 0 Å². The second-order valence-corrected chi connectivity index (χ2v) is 7.80. The first-order valence-electron chi connectivity index (χ1n) is 10.8. The van der Waals surface area contributed by atoms with Gasteiger partial charge in [0.15, 0.2) is 0 Å². The van der Waals surface area contributed by atoms with Gasteiger partial charge in [0.1, 0.15) is 5.75 Å². The van der Waals surface area contributed by atoms with Crippen molar-refractivity contribution < 1.29 is 14.3 Å². The maximum Gasteiger partial charge on any atom is 0.324 e. The standard InChI is InChI=1S/C26H27N3O3/c1-19(20-8-4-3-5-9-20)28-16-7-17-29(26(28)31)23-14-12-22(13-15-23)27-25(30)21-10-6-11-24(18-21)32-2/h3-6,8-15,18-19H,7,16-17H2,1-2H3,(H,27,30). The van der Waals surface area contributed by atoms with E-state index >= 15 is 0 Å². The largest absolute Gasteiger partial charge is 0.497 e. The van der Waals surface area contributed by atoms with Crippen molar-refractivity contribution in [1.82, 2.24) is 4.90 Å². The number of anilines is 2. The van der Waals surface area contributed by atoms with Gasteiger partial charge in [0.05, 0.1) is 13.2 Å². The first kappa shape index (κ1) is 21.4. The van der Waals surface area contributed by atoms with E-state index in [0.717, 1.165) is 24.2 Å². The van der Waals surface area contributed by atoms with Gasteiger partial charge in [-0.05, 0) is 61.4 Å². The third kappa shape index (κ3) is 4.59. The summed E-state index contributed by atoms with van der Waals surface area (Å²) in [7, 11) is 1.57. The minimum atomic E-state index is -0.214. The molecule has 164 valence electrons. The molecular weight excluding hydrogens is 402 g/mol. The smallest absolute Gasteiger partial charge is 0.324 e. The third-order valence-corrected chi connectivity index (χ3v) is 5.78. The molecule has 1 aliphatic heterocycles. The number of hydrogen-bond acceptors (Lipinski definition) is 3. The van der Waals surface area contributed by atoms with Gasteiger partial charge in [0.25, 0.3) is 5.91 Å². The summed E-state index contributed by atoms with van der Waals surface area (Å²) in [6.07, 6.45) is 0.900.